The maximum atomic E-state index is 12.5. The van der Waals surface area contributed by atoms with Gasteiger partial charge in [-0.05, 0) is 55.3 Å². The van der Waals surface area contributed by atoms with Crippen molar-refractivity contribution >= 4 is 17.5 Å². The van der Waals surface area contributed by atoms with Gasteiger partial charge in [-0.25, -0.2) is 0 Å². The highest BCUT2D eigenvalue weighted by atomic mass is 35.5. The van der Waals surface area contributed by atoms with Crippen LogP contribution >= 0.6 is 11.6 Å². The summed E-state index contributed by atoms with van der Waals surface area (Å²) in [5.41, 5.74) is 1.90. The lowest BCUT2D eigenvalue weighted by molar-refractivity contribution is -0.133. The number of hydrogen-bond acceptors (Lipinski definition) is 4. The highest BCUT2D eigenvalue weighted by molar-refractivity contribution is 6.30. The van der Waals surface area contributed by atoms with Crippen LogP contribution in [0.1, 0.15) is 18.1 Å². The molecule has 0 radical (unpaired) electrons. The second kappa shape index (κ2) is 8.32. The van der Waals surface area contributed by atoms with Gasteiger partial charge in [0.15, 0.2) is 18.1 Å². The summed E-state index contributed by atoms with van der Waals surface area (Å²) in [4.78, 5) is 14.3. The molecule has 0 unspecified atom stereocenters. The second-order valence-electron chi connectivity index (χ2n) is 6.08. The molecule has 1 heterocycles. The highest BCUT2D eigenvalue weighted by Gasteiger charge is 2.16. The Morgan fingerprint density at radius 2 is 1.92 bits per heavy atom. The van der Waals surface area contributed by atoms with Crippen LogP contribution in [0.2, 0.25) is 5.02 Å². The number of fused-ring (bicyclic) bond motifs is 1. The summed E-state index contributed by atoms with van der Waals surface area (Å²) >= 11 is 5.94. The topological polar surface area (TPSA) is 48.0 Å². The summed E-state index contributed by atoms with van der Waals surface area (Å²) in [6, 6.07) is 11.1. The van der Waals surface area contributed by atoms with E-state index < -0.39 is 0 Å². The Morgan fingerprint density at radius 3 is 2.65 bits per heavy atom. The number of carbonyl (C=O) groups excluding carboxylic acids is 1. The van der Waals surface area contributed by atoms with Crippen LogP contribution < -0.4 is 14.2 Å². The molecule has 0 saturated carbocycles. The Hall–Kier alpha value is -2.40. The van der Waals surface area contributed by atoms with E-state index in [-0.39, 0.29) is 12.5 Å². The van der Waals surface area contributed by atoms with Gasteiger partial charge in [-0.3, -0.25) is 4.79 Å². The molecule has 26 heavy (non-hydrogen) atoms. The van der Waals surface area contributed by atoms with Crippen molar-refractivity contribution < 1.29 is 19.0 Å². The molecule has 2 aromatic carbocycles. The van der Waals surface area contributed by atoms with E-state index >= 15 is 0 Å². The van der Waals surface area contributed by atoms with Gasteiger partial charge >= 0.3 is 0 Å². The smallest absolute Gasteiger partial charge is 0.260 e. The molecule has 138 valence electrons. The zero-order valence-corrected chi connectivity index (χ0v) is 15.7. The molecule has 3 rings (SSSR count). The maximum Gasteiger partial charge on any atom is 0.260 e. The molecule has 1 aliphatic rings. The van der Waals surface area contributed by atoms with Crippen molar-refractivity contribution in [1.82, 2.24) is 4.90 Å². The van der Waals surface area contributed by atoms with Crippen molar-refractivity contribution in [2.45, 2.75) is 20.4 Å². The Labute approximate surface area is 158 Å². The van der Waals surface area contributed by atoms with Gasteiger partial charge in [0, 0.05) is 18.1 Å². The Kier molecular flexibility index (Phi) is 5.89. The average Bonchev–Trinajstić information content (AvgIpc) is 2.65. The summed E-state index contributed by atoms with van der Waals surface area (Å²) in [7, 11) is 0. The summed E-state index contributed by atoms with van der Waals surface area (Å²) in [6.07, 6.45) is 0. The Bertz CT molecular complexity index is 793. The first-order chi connectivity index (χ1) is 12.6. The lowest BCUT2D eigenvalue weighted by Crippen LogP contribution is -2.34. The first-order valence-corrected chi connectivity index (χ1v) is 9.00. The summed E-state index contributed by atoms with van der Waals surface area (Å²) < 4.78 is 16.8. The number of aryl methyl sites for hydroxylation is 1. The van der Waals surface area contributed by atoms with Crippen LogP contribution in [0.25, 0.3) is 0 Å². The van der Waals surface area contributed by atoms with Gasteiger partial charge in [0.2, 0.25) is 0 Å². The third-order valence-corrected chi connectivity index (χ3v) is 4.44. The fourth-order valence-electron chi connectivity index (χ4n) is 2.79. The molecule has 0 fully saturated rings. The minimum atomic E-state index is -0.0725. The number of rotatable bonds is 6. The number of amides is 1. The van der Waals surface area contributed by atoms with Crippen molar-refractivity contribution in [1.29, 1.82) is 0 Å². The third kappa shape index (κ3) is 4.41. The van der Waals surface area contributed by atoms with Crippen LogP contribution in [-0.2, 0) is 11.3 Å². The first kappa shape index (κ1) is 18.4. The quantitative estimate of drug-likeness (QED) is 0.769. The molecule has 6 heteroatoms. The van der Waals surface area contributed by atoms with Crippen molar-refractivity contribution in [3.05, 3.63) is 52.5 Å². The predicted octanol–water partition coefficient (Wildman–Crippen LogP) is 3.85. The van der Waals surface area contributed by atoms with Crippen molar-refractivity contribution in [3.8, 4) is 17.2 Å². The molecule has 5 nitrogen and oxygen atoms in total. The minimum absolute atomic E-state index is 0.0130. The number of hydrogen-bond donors (Lipinski definition) is 0. The molecule has 0 saturated heterocycles. The summed E-state index contributed by atoms with van der Waals surface area (Å²) in [6.45, 7) is 6.03. The average molecular weight is 376 g/mol. The van der Waals surface area contributed by atoms with Gasteiger partial charge in [-0.2, -0.15) is 0 Å². The third-order valence-electron chi connectivity index (χ3n) is 4.20. The zero-order chi connectivity index (χ0) is 18.5. The molecule has 0 atom stereocenters. The van der Waals surface area contributed by atoms with Crippen LogP contribution in [0.4, 0.5) is 0 Å². The van der Waals surface area contributed by atoms with E-state index in [1.165, 1.54) is 0 Å². The van der Waals surface area contributed by atoms with Gasteiger partial charge in [-0.1, -0.05) is 17.7 Å². The largest absolute Gasteiger partial charge is 0.486 e. The Balaban J connectivity index is 1.61. The van der Waals surface area contributed by atoms with Crippen molar-refractivity contribution in [2.75, 3.05) is 26.4 Å². The molecular formula is C20H22ClNO4. The molecule has 0 aromatic heterocycles. The number of likely N-dealkylation sites (N-methyl/N-ethyl adjacent to an activating group) is 1. The molecule has 1 aliphatic heterocycles. The first-order valence-electron chi connectivity index (χ1n) is 8.62. The molecule has 0 bridgehead atoms. The lowest BCUT2D eigenvalue weighted by Gasteiger charge is -2.23. The molecular weight excluding hydrogens is 354 g/mol. The number of halogens is 1. The van der Waals surface area contributed by atoms with Crippen LogP contribution in [0, 0.1) is 6.92 Å². The van der Waals surface area contributed by atoms with Gasteiger partial charge in [0.25, 0.3) is 5.91 Å². The summed E-state index contributed by atoms with van der Waals surface area (Å²) in [5, 5.41) is 0.648. The highest BCUT2D eigenvalue weighted by Crippen LogP contribution is 2.31. The fraction of sp³-hybridized carbons (Fsp3) is 0.350. The van der Waals surface area contributed by atoms with Crippen molar-refractivity contribution in [2.24, 2.45) is 0 Å². The summed E-state index contributed by atoms with van der Waals surface area (Å²) in [5.74, 6) is 2.07. The number of carbonyl (C=O) groups is 1. The van der Waals surface area contributed by atoms with Crippen LogP contribution in [0.5, 0.6) is 17.2 Å². The standard InChI is InChI=1S/C20H22ClNO4/c1-3-22(12-15-4-6-18-19(11-15)25-9-8-24-18)20(23)13-26-17-7-5-16(21)10-14(17)2/h4-7,10-11H,3,8-9,12-13H2,1-2H3. The zero-order valence-electron chi connectivity index (χ0n) is 15.0. The molecule has 2 aromatic rings. The van der Waals surface area contributed by atoms with Crippen molar-refractivity contribution in [3.63, 3.8) is 0 Å². The molecule has 1 amide bonds. The monoisotopic (exact) mass is 375 g/mol. The maximum absolute atomic E-state index is 12.5. The lowest BCUT2D eigenvalue weighted by atomic mass is 10.1. The van der Waals surface area contributed by atoms with Crippen LogP contribution in [0.3, 0.4) is 0 Å². The number of nitrogens with zero attached hydrogens (tertiary/aromatic N) is 1. The normalized spacial score (nSPS) is 12.6. The Morgan fingerprint density at radius 1 is 1.15 bits per heavy atom. The van der Waals surface area contributed by atoms with Crippen LogP contribution in [-0.4, -0.2) is 37.2 Å². The van der Waals surface area contributed by atoms with E-state index in [1.807, 2.05) is 38.1 Å². The molecule has 0 aliphatic carbocycles. The SMILES string of the molecule is CCN(Cc1ccc2c(c1)OCCO2)C(=O)COc1ccc(Cl)cc1C. The predicted molar refractivity (Wildman–Crippen MR) is 100 cm³/mol. The van der Waals surface area contributed by atoms with E-state index in [9.17, 15) is 4.79 Å². The second-order valence-corrected chi connectivity index (χ2v) is 6.52. The minimum Gasteiger partial charge on any atom is -0.486 e. The van der Waals surface area contributed by atoms with E-state index in [4.69, 9.17) is 25.8 Å². The van der Waals surface area contributed by atoms with E-state index in [1.54, 1.807) is 17.0 Å². The molecule has 0 spiro atoms. The fourth-order valence-corrected chi connectivity index (χ4v) is 3.02. The van der Waals surface area contributed by atoms with Gasteiger partial charge < -0.3 is 19.1 Å². The van der Waals surface area contributed by atoms with E-state index in [0.29, 0.717) is 37.1 Å². The van der Waals surface area contributed by atoms with Gasteiger partial charge in [-0.15, -0.1) is 0 Å². The van der Waals surface area contributed by atoms with E-state index in [0.717, 1.165) is 22.6 Å². The number of benzene rings is 2. The van der Waals surface area contributed by atoms with Gasteiger partial charge in [0.1, 0.15) is 19.0 Å². The van der Waals surface area contributed by atoms with Gasteiger partial charge in [0.05, 0.1) is 0 Å². The number of ether oxygens (including phenoxy) is 3. The van der Waals surface area contributed by atoms with E-state index in [2.05, 4.69) is 0 Å². The molecule has 0 N–H and O–H groups in total. The van der Waals surface area contributed by atoms with Crippen LogP contribution in [0.15, 0.2) is 36.4 Å².